The second kappa shape index (κ2) is 4.68. The minimum atomic E-state index is -4.48. The van der Waals surface area contributed by atoms with Crippen LogP contribution in [0.2, 0.25) is 0 Å². The van der Waals surface area contributed by atoms with Gasteiger partial charge in [-0.1, -0.05) is 0 Å². The van der Waals surface area contributed by atoms with Crippen molar-refractivity contribution in [2.75, 3.05) is 5.32 Å². The van der Waals surface area contributed by atoms with E-state index in [9.17, 15) is 24.2 Å². The number of nitro benzene ring substituents is 1. The molecule has 0 aliphatic carbocycles. The molecule has 3 N–H and O–H groups in total. The molecule has 0 unspecified atom stereocenters. The van der Waals surface area contributed by atoms with Crippen LogP contribution in [0.4, 0.5) is 11.4 Å². The van der Waals surface area contributed by atoms with Crippen LogP contribution in [0.1, 0.15) is 6.92 Å². The van der Waals surface area contributed by atoms with Gasteiger partial charge in [0.05, 0.1) is 11.0 Å². The number of rotatable bonds is 3. The van der Waals surface area contributed by atoms with Crippen molar-refractivity contribution in [1.82, 2.24) is 0 Å². The number of carbonyl (C=O) groups is 1. The van der Waals surface area contributed by atoms with E-state index in [-0.39, 0.29) is 0 Å². The second-order valence-corrected chi connectivity index (χ2v) is 4.72. The molecule has 0 bridgehead atoms. The summed E-state index contributed by atoms with van der Waals surface area (Å²) in [6.45, 7) is 1.05. The standard InChI is InChI=1S/C8H8N2O7S/c1-4(11)9-6-2-5(18(15,16)17)3-7(8(6)12)10(13)14/h2-3H,1H3,(H3-,9,11,12,15,16,17). The van der Waals surface area contributed by atoms with E-state index in [0.29, 0.717) is 12.1 Å². The number of anilines is 1. The fourth-order valence-corrected chi connectivity index (χ4v) is 1.70. The highest BCUT2D eigenvalue weighted by molar-refractivity contribution is 7.92. The molecule has 1 aromatic rings. The topological polar surface area (TPSA) is 153 Å². The fourth-order valence-electron chi connectivity index (χ4n) is 1.16. The van der Waals surface area contributed by atoms with Crippen molar-refractivity contribution in [3.8, 4) is 5.75 Å². The molecule has 1 aromatic carbocycles. The van der Waals surface area contributed by atoms with E-state index < -0.39 is 43.3 Å². The molecule has 0 atom stereocenters. The normalized spacial score (nSPS) is 11.1. The molecule has 0 saturated carbocycles. The molecule has 0 heterocycles. The van der Waals surface area contributed by atoms with Crippen molar-refractivity contribution < 1.29 is 28.1 Å². The number of nitrogens with zero attached hydrogens (tertiary/aromatic N) is 1. The average Bonchev–Trinajstić information content (AvgIpc) is 2.18. The molecule has 0 radical (unpaired) electrons. The molecule has 10 heteroatoms. The molecule has 18 heavy (non-hydrogen) atoms. The summed E-state index contributed by atoms with van der Waals surface area (Å²) in [7, 11) is -4.48. The minimum absolute atomic E-state index is 0.482. The highest BCUT2D eigenvalue weighted by Crippen LogP contribution is 2.35. The summed E-state index contributed by atoms with van der Waals surface area (Å²) >= 11 is 0. The Labute approximate surface area is 102 Å². The maximum absolute atomic E-state index is 11.5. The molecule has 98 valence electrons. The lowest BCUT2D eigenvalue weighted by molar-refractivity contribution is -0.398. The zero-order valence-corrected chi connectivity index (χ0v) is 9.76. The molecule has 0 spiro atoms. The fraction of sp³-hybridized carbons (Fsp3) is 0.125. The summed E-state index contributed by atoms with van der Waals surface area (Å²) in [4.78, 5) is 19.5. The Kier molecular flexibility index (Phi) is 3.65. The number of benzene rings is 1. The average molecular weight is 276 g/mol. The number of amides is 1. The molecule has 1 amide bonds. The van der Waals surface area contributed by atoms with E-state index in [1.165, 1.54) is 0 Å². The van der Waals surface area contributed by atoms with Crippen LogP contribution < -0.4 is 10.4 Å². The van der Waals surface area contributed by atoms with Crippen LogP contribution in [0.3, 0.4) is 0 Å². The van der Waals surface area contributed by atoms with E-state index >= 15 is 0 Å². The van der Waals surface area contributed by atoms with Gasteiger partial charge in [0.1, 0.15) is 0 Å². The Balaban J connectivity index is 3.51. The summed E-state index contributed by atoms with van der Waals surface area (Å²) in [5.74, 6) is -1.82. The zero-order chi connectivity index (χ0) is 14.1. The minimum Gasteiger partial charge on any atom is -0.866 e. The predicted molar refractivity (Wildman–Crippen MR) is 58.4 cm³/mol. The third-order valence-corrected chi connectivity index (χ3v) is 2.71. The molecular formula is C8H8N2O7S. The Morgan fingerprint density at radius 3 is 2.39 bits per heavy atom. The quantitative estimate of drug-likeness (QED) is 0.411. The summed E-state index contributed by atoms with van der Waals surface area (Å²) in [5.41, 5.74) is -1.57. The molecule has 0 fully saturated rings. The maximum atomic E-state index is 11.5. The van der Waals surface area contributed by atoms with E-state index in [4.69, 9.17) is 9.11 Å². The van der Waals surface area contributed by atoms with Gasteiger partial charge in [-0.2, -0.15) is 9.11 Å². The lowest BCUT2D eigenvalue weighted by atomic mass is 10.2. The van der Waals surface area contributed by atoms with Crippen molar-refractivity contribution in [3.63, 3.8) is 0 Å². The Morgan fingerprint density at radius 1 is 1.44 bits per heavy atom. The smallest absolute Gasteiger partial charge is 0.386 e. The van der Waals surface area contributed by atoms with Gasteiger partial charge in [0.15, 0.2) is 0 Å². The van der Waals surface area contributed by atoms with E-state index in [1.54, 1.807) is 0 Å². The van der Waals surface area contributed by atoms with E-state index in [0.717, 1.165) is 6.92 Å². The lowest BCUT2D eigenvalue weighted by Crippen LogP contribution is -2.13. The Hall–Kier alpha value is -2.04. The number of nitro groups is 1. The molecular weight excluding hydrogens is 268 g/mol. The first-order valence-electron chi connectivity index (χ1n) is 4.39. The van der Waals surface area contributed by atoms with E-state index in [2.05, 4.69) is 0 Å². The molecule has 0 saturated heterocycles. The summed E-state index contributed by atoms with van der Waals surface area (Å²) in [6, 6.07) is 1.19. The molecule has 1 rings (SSSR count). The largest absolute Gasteiger partial charge is 0.866 e. The SMILES string of the molecule is CC(=O)Nc1cc([S+](=O)(O)O)cc([N+](=O)[O-])c1[O-]. The van der Waals surface area contributed by atoms with Crippen molar-refractivity contribution in [2.24, 2.45) is 0 Å². The molecule has 0 aromatic heterocycles. The number of nitrogens with one attached hydrogen (secondary N) is 1. The van der Waals surface area contributed by atoms with Gasteiger partial charge in [-0.05, 0) is 9.96 Å². The van der Waals surface area contributed by atoms with Crippen LogP contribution in [-0.2, 0) is 19.5 Å². The highest BCUT2D eigenvalue weighted by atomic mass is 32.3. The number of hydrogen-bond acceptors (Lipinski definition) is 5. The molecule has 9 nitrogen and oxygen atoms in total. The van der Waals surface area contributed by atoms with Gasteiger partial charge in [0, 0.05) is 18.7 Å². The summed E-state index contributed by atoms with van der Waals surface area (Å²) in [6.07, 6.45) is 0. The summed E-state index contributed by atoms with van der Waals surface area (Å²) < 4.78 is 28.8. The Bertz CT molecular complexity index is 565. The third kappa shape index (κ3) is 3.00. The zero-order valence-electron chi connectivity index (χ0n) is 8.95. The van der Waals surface area contributed by atoms with Gasteiger partial charge in [-0.3, -0.25) is 14.9 Å². The van der Waals surface area contributed by atoms with Crippen LogP contribution in [0.25, 0.3) is 0 Å². The van der Waals surface area contributed by atoms with Gasteiger partial charge in [0.25, 0.3) is 5.69 Å². The van der Waals surface area contributed by atoms with Crippen LogP contribution >= 0.6 is 0 Å². The first-order valence-corrected chi connectivity index (χ1v) is 5.86. The predicted octanol–water partition coefficient (Wildman–Crippen LogP) is 0.431. The van der Waals surface area contributed by atoms with Crippen molar-refractivity contribution in [2.45, 2.75) is 11.8 Å². The van der Waals surface area contributed by atoms with Gasteiger partial charge >= 0.3 is 10.5 Å². The van der Waals surface area contributed by atoms with Crippen LogP contribution in [0.15, 0.2) is 17.0 Å². The monoisotopic (exact) mass is 276 g/mol. The van der Waals surface area contributed by atoms with Gasteiger partial charge in [-0.15, -0.1) is 0 Å². The first-order chi connectivity index (χ1) is 8.12. The van der Waals surface area contributed by atoms with Gasteiger partial charge in [-0.25, -0.2) is 0 Å². The Morgan fingerprint density at radius 2 is 2.00 bits per heavy atom. The van der Waals surface area contributed by atoms with Crippen LogP contribution in [0.5, 0.6) is 5.75 Å². The molecule has 0 aliphatic rings. The summed E-state index contributed by atoms with van der Waals surface area (Å²) in [5, 5.41) is 24.1. The van der Waals surface area contributed by atoms with Gasteiger partial charge in [0.2, 0.25) is 10.8 Å². The van der Waals surface area contributed by atoms with Crippen molar-refractivity contribution >= 4 is 27.8 Å². The third-order valence-electron chi connectivity index (χ3n) is 1.86. The number of carbonyl (C=O) groups excluding carboxylic acids is 1. The second-order valence-electron chi connectivity index (χ2n) is 3.25. The highest BCUT2D eigenvalue weighted by Gasteiger charge is 2.30. The first kappa shape index (κ1) is 14.0. The van der Waals surface area contributed by atoms with E-state index in [1.807, 2.05) is 5.32 Å². The van der Waals surface area contributed by atoms with Crippen molar-refractivity contribution in [1.29, 1.82) is 0 Å². The van der Waals surface area contributed by atoms with Gasteiger partial charge < -0.3 is 10.4 Å². The maximum Gasteiger partial charge on any atom is 0.386 e. The van der Waals surface area contributed by atoms with Crippen LogP contribution in [0, 0.1) is 10.1 Å². The van der Waals surface area contributed by atoms with Crippen molar-refractivity contribution in [3.05, 3.63) is 22.2 Å². The molecule has 0 aliphatic heterocycles. The lowest BCUT2D eigenvalue weighted by Gasteiger charge is -2.13. The number of hydrogen-bond donors (Lipinski definition) is 3. The van der Waals surface area contributed by atoms with Crippen LogP contribution in [-0.4, -0.2) is 19.9 Å².